The third-order valence-corrected chi connectivity index (χ3v) is 2.34. The molecule has 0 aliphatic heterocycles. The van der Waals surface area contributed by atoms with E-state index < -0.39 is 0 Å². The molecule has 0 spiro atoms. The van der Waals surface area contributed by atoms with Gasteiger partial charge in [-0.2, -0.15) is 0 Å². The maximum absolute atomic E-state index is 11.4. The SMILES string of the molecule is Nc1ncn(CC(=O)NC2CC(O)C2)n1. The number of rotatable bonds is 3. The molecule has 1 saturated carbocycles. The zero-order chi connectivity index (χ0) is 10.8. The molecule has 0 aromatic carbocycles. The Morgan fingerprint density at radius 3 is 3.00 bits per heavy atom. The summed E-state index contributed by atoms with van der Waals surface area (Å²) in [5.41, 5.74) is 5.30. The maximum atomic E-state index is 11.4. The van der Waals surface area contributed by atoms with Gasteiger partial charge in [-0.05, 0) is 12.8 Å². The number of amides is 1. The topological polar surface area (TPSA) is 106 Å². The van der Waals surface area contributed by atoms with Crippen molar-refractivity contribution in [1.29, 1.82) is 0 Å². The molecular formula is C8H13N5O2. The number of carbonyl (C=O) groups is 1. The van der Waals surface area contributed by atoms with E-state index in [1.807, 2.05) is 0 Å². The Balaban J connectivity index is 1.77. The zero-order valence-electron chi connectivity index (χ0n) is 8.13. The summed E-state index contributed by atoms with van der Waals surface area (Å²) in [7, 11) is 0. The summed E-state index contributed by atoms with van der Waals surface area (Å²) in [6.45, 7) is 0.108. The van der Waals surface area contributed by atoms with Crippen LogP contribution in [0.1, 0.15) is 12.8 Å². The number of anilines is 1. The van der Waals surface area contributed by atoms with Gasteiger partial charge in [-0.15, -0.1) is 5.10 Å². The second-order valence-electron chi connectivity index (χ2n) is 3.69. The van der Waals surface area contributed by atoms with Crippen LogP contribution >= 0.6 is 0 Å². The Kier molecular flexibility index (Phi) is 2.55. The number of aliphatic hydroxyl groups excluding tert-OH is 1. The predicted molar refractivity (Wildman–Crippen MR) is 51.6 cm³/mol. The molecule has 0 unspecified atom stereocenters. The first-order valence-corrected chi connectivity index (χ1v) is 4.76. The van der Waals surface area contributed by atoms with Crippen molar-refractivity contribution in [2.45, 2.75) is 31.5 Å². The number of hydrogen-bond donors (Lipinski definition) is 3. The van der Waals surface area contributed by atoms with Crippen molar-refractivity contribution >= 4 is 11.9 Å². The van der Waals surface area contributed by atoms with Crippen LogP contribution in [0.15, 0.2) is 6.33 Å². The Hall–Kier alpha value is -1.63. The highest BCUT2D eigenvalue weighted by atomic mass is 16.3. The highest BCUT2D eigenvalue weighted by Gasteiger charge is 2.28. The Morgan fingerprint density at radius 2 is 2.47 bits per heavy atom. The fourth-order valence-electron chi connectivity index (χ4n) is 1.51. The monoisotopic (exact) mass is 211 g/mol. The highest BCUT2D eigenvalue weighted by molar-refractivity contribution is 5.76. The molecule has 0 bridgehead atoms. The van der Waals surface area contributed by atoms with Crippen LogP contribution in [0.5, 0.6) is 0 Å². The first kappa shape index (κ1) is 9.91. The van der Waals surface area contributed by atoms with Crippen LogP contribution in [0.3, 0.4) is 0 Å². The largest absolute Gasteiger partial charge is 0.393 e. The number of nitrogen functional groups attached to an aromatic ring is 1. The lowest BCUT2D eigenvalue weighted by Crippen LogP contribution is -2.47. The summed E-state index contributed by atoms with van der Waals surface area (Å²) in [5, 5.41) is 15.6. The van der Waals surface area contributed by atoms with Crippen LogP contribution in [0, 0.1) is 0 Å². The smallest absolute Gasteiger partial charge is 0.242 e. The van der Waals surface area contributed by atoms with Crippen molar-refractivity contribution in [2.24, 2.45) is 0 Å². The molecule has 0 radical (unpaired) electrons. The number of aliphatic hydroxyl groups is 1. The van der Waals surface area contributed by atoms with Gasteiger partial charge in [0.25, 0.3) is 0 Å². The molecule has 7 nitrogen and oxygen atoms in total. The summed E-state index contributed by atoms with van der Waals surface area (Å²) in [5.74, 6) is 0.0127. The van der Waals surface area contributed by atoms with Gasteiger partial charge < -0.3 is 16.2 Å². The van der Waals surface area contributed by atoms with E-state index >= 15 is 0 Å². The molecule has 0 atom stereocenters. The number of carbonyl (C=O) groups excluding carboxylic acids is 1. The van der Waals surface area contributed by atoms with Crippen LogP contribution in [0.4, 0.5) is 5.95 Å². The van der Waals surface area contributed by atoms with Gasteiger partial charge in [0.05, 0.1) is 6.10 Å². The molecule has 7 heteroatoms. The molecule has 82 valence electrons. The van der Waals surface area contributed by atoms with Crippen LogP contribution in [-0.4, -0.2) is 37.9 Å². The average molecular weight is 211 g/mol. The molecule has 2 rings (SSSR count). The third kappa shape index (κ3) is 2.44. The lowest BCUT2D eigenvalue weighted by molar-refractivity contribution is -0.123. The lowest BCUT2D eigenvalue weighted by Gasteiger charge is -2.31. The number of hydrogen-bond acceptors (Lipinski definition) is 5. The molecule has 1 aromatic heterocycles. The first-order chi connectivity index (χ1) is 7.13. The summed E-state index contributed by atoms with van der Waals surface area (Å²) >= 11 is 0. The summed E-state index contributed by atoms with van der Waals surface area (Å²) in [4.78, 5) is 15.1. The Labute approximate surface area is 86.3 Å². The summed E-state index contributed by atoms with van der Waals surface area (Å²) < 4.78 is 1.37. The van der Waals surface area contributed by atoms with Gasteiger partial charge >= 0.3 is 0 Å². The van der Waals surface area contributed by atoms with Crippen LogP contribution in [-0.2, 0) is 11.3 Å². The number of nitrogens with one attached hydrogen (secondary N) is 1. The van der Waals surface area contributed by atoms with Crippen LogP contribution < -0.4 is 11.1 Å². The van der Waals surface area contributed by atoms with Gasteiger partial charge in [-0.1, -0.05) is 0 Å². The van der Waals surface area contributed by atoms with Crippen molar-refractivity contribution in [2.75, 3.05) is 5.73 Å². The standard InChI is InChI=1S/C8H13N5O2/c9-8-10-4-13(12-8)3-7(15)11-5-1-6(14)2-5/h4-6,14H,1-3H2,(H2,9,12)(H,11,15). The van der Waals surface area contributed by atoms with Crippen LogP contribution in [0.2, 0.25) is 0 Å². The van der Waals surface area contributed by atoms with E-state index in [0.29, 0.717) is 12.8 Å². The Morgan fingerprint density at radius 1 is 1.73 bits per heavy atom. The first-order valence-electron chi connectivity index (χ1n) is 4.76. The lowest BCUT2D eigenvalue weighted by atomic mass is 9.89. The minimum absolute atomic E-state index is 0.0911. The number of aromatic nitrogens is 3. The fourth-order valence-corrected chi connectivity index (χ4v) is 1.51. The molecule has 1 amide bonds. The highest BCUT2D eigenvalue weighted by Crippen LogP contribution is 2.18. The third-order valence-electron chi connectivity index (χ3n) is 2.34. The quantitative estimate of drug-likeness (QED) is 0.564. The molecule has 1 aliphatic rings. The van der Waals surface area contributed by atoms with E-state index in [-0.39, 0.29) is 30.5 Å². The molecular weight excluding hydrogens is 198 g/mol. The number of nitrogens with two attached hydrogens (primary N) is 1. The molecule has 15 heavy (non-hydrogen) atoms. The average Bonchev–Trinajstić information content (AvgIpc) is 2.48. The van der Waals surface area contributed by atoms with Gasteiger partial charge in [0, 0.05) is 6.04 Å². The summed E-state index contributed by atoms with van der Waals surface area (Å²) in [6, 6.07) is 0.0911. The van der Waals surface area contributed by atoms with E-state index in [1.54, 1.807) is 0 Å². The minimum atomic E-state index is -0.266. The van der Waals surface area contributed by atoms with Crippen molar-refractivity contribution < 1.29 is 9.90 Å². The van der Waals surface area contributed by atoms with Gasteiger partial charge in [0.15, 0.2) is 0 Å². The zero-order valence-corrected chi connectivity index (χ0v) is 8.13. The van der Waals surface area contributed by atoms with Crippen molar-refractivity contribution in [3.8, 4) is 0 Å². The number of nitrogens with zero attached hydrogens (tertiary/aromatic N) is 3. The van der Waals surface area contributed by atoms with Crippen molar-refractivity contribution in [3.63, 3.8) is 0 Å². The van der Waals surface area contributed by atoms with Crippen molar-refractivity contribution in [1.82, 2.24) is 20.1 Å². The van der Waals surface area contributed by atoms with Gasteiger partial charge in [0.1, 0.15) is 12.9 Å². The normalized spacial score (nSPS) is 24.6. The fraction of sp³-hybridized carbons (Fsp3) is 0.625. The predicted octanol–water partition coefficient (Wildman–Crippen LogP) is -1.50. The second-order valence-corrected chi connectivity index (χ2v) is 3.69. The van der Waals surface area contributed by atoms with E-state index in [1.165, 1.54) is 11.0 Å². The molecule has 1 fully saturated rings. The summed E-state index contributed by atoms with van der Waals surface area (Å²) in [6.07, 6.45) is 2.40. The Bertz CT molecular complexity index is 358. The molecule has 0 saturated heterocycles. The molecule has 1 heterocycles. The van der Waals surface area contributed by atoms with Crippen molar-refractivity contribution in [3.05, 3.63) is 6.33 Å². The molecule has 4 N–H and O–H groups in total. The van der Waals surface area contributed by atoms with Gasteiger partial charge in [-0.25, -0.2) is 9.67 Å². The molecule has 1 aliphatic carbocycles. The molecule has 1 aromatic rings. The second kappa shape index (κ2) is 3.85. The van der Waals surface area contributed by atoms with E-state index in [0.717, 1.165) is 0 Å². The maximum Gasteiger partial charge on any atom is 0.242 e. The van der Waals surface area contributed by atoms with E-state index in [2.05, 4.69) is 15.4 Å². The van der Waals surface area contributed by atoms with Gasteiger partial charge in [0.2, 0.25) is 11.9 Å². The van der Waals surface area contributed by atoms with E-state index in [9.17, 15) is 4.79 Å². The van der Waals surface area contributed by atoms with Gasteiger partial charge in [-0.3, -0.25) is 4.79 Å². The van der Waals surface area contributed by atoms with E-state index in [4.69, 9.17) is 10.8 Å². The van der Waals surface area contributed by atoms with Crippen LogP contribution in [0.25, 0.3) is 0 Å². The minimum Gasteiger partial charge on any atom is -0.393 e.